The summed E-state index contributed by atoms with van der Waals surface area (Å²) in [5.74, 6) is -1.24. The first kappa shape index (κ1) is 63.6. The second-order valence-electron chi connectivity index (χ2n) is 20.2. The SMILES string of the molecule is CCCCCCCCCCCCCCCCCCCCOC(=O)C(C)SC(CCCCC)C(OC(=O)CCCN(CCCN1CCN(C)CC1)CC(O)CCCCCCCC)C(=O)OCCC. The highest BCUT2D eigenvalue weighted by molar-refractivity contribution is 8.01. The quantitative estimate of drug-likeness (QED) is 0.0358. The smallest absolute Gasteiger partial charge is 0.348 e. The van der Waals surface area contributed by atoms with Crippen LogP contribution < -0.4 is 0 Å². The molecule has 67 heavy (non-hydrogen) atoms. The number of thioether (sulfide) groups is 1. The molecular weight excluding hydrogens is 859 g/mol. The van der Waals surface area contributed by atoms with Crippen LogP contribution in [0.25, 0.3) is 0 Å². The Morgan fingerprint density at radius 2 is 1.01 bits per heavy atom. The molecule has 1 aliphatic rings. The van der Waals surface area contributed by atoms with E-state index in [1.54, 1.807) is 0 Å². The number of esters is 3. The molecule has 10 nitrogen and oxygen atoms in total. The Morgan fingerprint density at radius 1 is 0.552 bits per heavy atom. The van der Waals surface area contributed by atoms with E-state index in [0.717, 1.165) is 97.1 Å². The first-order valence-corrected chi connectivity index (χ1v) is 29.6. The Hall–Kier alpha value is -1.40. The minimum atomic E-state index is -1.09. The minimum absolute atomic E-state index is 0.170. The molecule has 0 saturated carbocycles. The molecule has 0 amide bonds. The van der Waals surface area contributed by atoms with Gasteiger partial charge in [-0.15, -0.1) is 11.8 Å². The lowest BCUT2D eigenvalue weighted by Gasteiger charge is -2.33. The number of aliphatic hydroxyl groups excluding tert-OH is 1. The summed E-state index contributed by atoms with van der Waals surface area (Å²) in [6.45, 7) is 18.6. The van der Waals surface area contributed by atoms with Crippen molar-refractivity contribution in [1.82, 2.24) is 14.7 Å². The maximum Gasteiger partial charge on any atom is 0.348 e. The van der Waals surface area contributed by atoms with Gasteiger partial charge in [0.25, 0.3) is 0 Å². The Bertz CT molecular complexity index is 1140. The van der Waals surface area contributed by atoms with E-state index in [-0.39, 0.29) is 19.0 Å². The highest BCUT2D eigenvalue weighted by Gasteiger charge is 2.36. The van der Waals surface area contributed by atoms with Gasteiger partial charge in [-0.25, -0.2) is 4.79 Å². The summed E-state index contributed by atoms with van der Waals surface area (Å²) in [4.78, 5) is 47.6. The molecule has 4 unspecified atom stereocenters. The van der Waals surface area contributed by atoms with Crippen molar-refractivity contribution in [3.8, 4) is 0 Å². The van der Waals surface area contributed by atoms with E-state index in [4.69, 9.17) is 14.2 Å². The summed E-state index contributed by atoms with van der Waals surface area (Å²) >= 11 is 1.38. The number of hydrogen-bond acceptors (Lipinski definition) is 11. The number of ether oxygens (including phenoxy) is 3. The van der Waals surface area contributed by atoms with E-state index in [2.05, 4.69) is 42.5 Å². The molecule has 0 aromatic carbocycles. The van der Waals surface area contributed by atoms with E-state index in [9.17, 15) is 19.5 Å². The lowest BCUT2D eigenvalue weighted by atomic mass is 10.0. The summed E-state index contributed by atoms with van der Waals surface area (Å²) in [6, 6.07) is 0. The molecule has 1 fully saturated rings. The van der Waals surface area contributed by atoms with Crippen LogP contribution in [-0.2, 0) is 28.6 Å². The minimum Gasteiger partial charge on any atom is -0.465 e. The molecule has 1 heterocycles. The van der Waals surface area contributed by atoms with Crippen LogP contribution >= 0.6 is 11.8 Å². The average Bonchev–Trinajstić information content (AvgIpc) is 3.32. The summed E-state index contributed by atoms with van der Waals surface area (Å²) < 4.78 is 17.4. The van der Waals surface area contributed by atoms with Gasteiger partial charge in [0.15, 0.2) is 0 Å². The third-order valence-corrected chi connectivity index (χ3v) is 15.0. The molecule has 4 atom stereocenters. The van der Waals surface area contributed by atoms with Crippen molar-refractivity contribution in [3.05, 3.63) is 0 Å². The molecule has 1 aliphatic heterocycles. The van der Waals surface area contributed by atoms with Crippen molar-refractivity contribution in [2.45, 2.75) is 269 Å². The van der Waals surface area contributed by atoms with Gasteiger partial charge in [-0.05, 0) is 72.1 Å². The first-order valence-electron chi connectivity index (χ1n) is 28.6. The molecule has 1 N–H and O–H groups in total. The zero-order valence-electron chi connectivity index (χ0n) is 44.9. The number of carbonyl (C=O) groups excluding carboxylic acids is 3. The molecule has 0 spiro atoms. The van der Waals surface area contributed by atoms with Crippen LogP contribution in [0.15, 0.2) is 0 Å². The third-order valence-electron chi connectivity index (χ3n) is 13.6. The Morgan fingerprint density at radius 3 is 1.55 bits per heavy atom. The molecule has 11 heteroatoms. The second-order valence-corrected chi connectivity index (χ2v) is 21.8. The fourth-order valence-corrected chi connectivity index (χ4v) is 10.5. The predicted molar refractivity (Wildman–Crippen MR) is 284 cm³/mol. The van der Waals surface area contributed by atoms with Gasteiger partial charge in [-0.2, -0.15) is 0 Å². The van der Waals surface area contributed by atoms with Gasteiger partial charge in [-0.1, -0.05) is 195 Å². The van der Waals surface area contributed by atoms with Crippen LogP contribution in [0, 0.1) is 0 Å². The van der Waals surface area contributed by atoms with Crippen LogP contribution in [-0.4, -0.2) is 133 Å². The molecule has 0 bridgehead atoms. The second kappa shape index (κ2) is 45.7. The topological polar surface area (TPSA) is 109 Å². The lowest BCUT2D eigenvalue weighted by molar-refractivity contribution is -0.168. The highest BCUT2D eigenvalue weighted by Crippen LogP contribution is 2.30. The molecule has 396 valence electrons. The highest BCUT2D eigenvalue weighted by atomic mass is 32.2. The summed E-state index contributed by atoms with van der Waals surface area (Å²) in [6.07, 6.45) is 36.1. The predicted octanol–water partition coefficient (Wildman–Crippen LogP) is 13.3. The average molecular weight is 969 g/mol. The van der Waals surface area contributed by atoms with Crippen molar-refractivity contribution in [1.29, 1.82) is 0 Å². The molecular formula is C56H109N3O7S. The molecule has 1 rings (SSSR count). The zero-order valence-corrected chi connectivity index (χ0v) is 45.7. The van der Waals surface area contributed by atoms with E-state index in [1.807, 2.05) is 13.8 Å². The zero-order chi connectivity index (χ0) is 49.0. The van der Waals surface area contributed by atoms with Crippen LogP contribution in [0.1, 0.15) is 247 Å². The molecule has 0 aromatic rings. The van der Waals surface area contributed by atoms with Gasteiger partial charge in [0.2, 0.25) is 6.10 Å². The molecule has 0 aliphatic carbocycles. The number of likely N-dealkylation sites (N-methyl/N-ethyl adjacent to an activating group) is 1. The fraction of sp³-hybridized carbons (Fsp3) is 0.946. The maximum absolute atomic E-state index is 13.6. The monoisotopic (exact) mass is 968 g/mol. The van der Waals surface area contributed by atoms with E-state index in [0.29, 0.717) is 39.0 Å². The molecule has 0 aromatic heterocycles. The van der Waals surface area contributed by atoms with Gasteiger partial charge in [0.05, 0.1) is 24.6 Å². The summed E-state index contributed by atoms with van der Waals surface area (Å²) in [5.41, 5.74) is 0. The number of nitrogens with zero attached hydrogens (tertiary/aromatic N) is 3. The Kier molecular flexibility index (Phi) is 43.4. The third kappa shape index (κ3) is 37.1. The standard InChI is InChI=1S/C56H109N3O7S/c1-7-11-14-16-18-19-20-21-22-23-24-25-26-27-28-29-31-34-48-65-55(62)50(5)67-52(38-32-13-9-3)54(56(63)64-47-10-4)66-53(61)39-35-40-59(42-36-41-58-45-43-57(6)44-46-58)49-51(60)37-33-30-17-15-12-8-2/h50-52,54,60H,7-49H2,1-6H3. The summed E-state index contributed by atoms with van der Waals surface area (Å²) in [7, 11) is 2.18. The van der Waals surface area contributed by atoms with Crippen molar-refractivity contribution in [2.24, 2.45) is 0 Å². The Balaban J connectivity index is 2.62. The fourth-order valence-electron chi connectivity index (χ4n) is 9.14. The number of rotatable bonds is 48. The lowest BCUT2D eigenvalue weighted by Crippen LogP contribution is -2.45. The number of unbranched alkanes of at least 4 members (excludes halogenated alkanes) is 24. The Labute approximate surface area is 418 Å². The molecule has 1 saturated heterocycles. The van der Waals surface area contributed by atoms with Crippen LogP contribution in [0.4, 0.5) is 0 Å². The van der Waals surface area contributed by atoms with Gasteiger partial charge in [-0.3, -0.25) is 9.59 Å². The normalized spacial score (nSPS) is 15.4. The van der Waals surface area contributed by atoms with Crippen molar-refractivity contribution in [3.63, 3.8) is 0 Å². The van der Waals surface area contributed by atoms with Gasteiger partial charge < -0.3 is 34.0 Å². The van der Waals surface area contributed by atoms with Gasteiger partial charge in [0, 0.05) is 39.1 Å². The van der Waals surface area contributed by atoms with Crippen molar-refractivity contribution in [2.75, 3.05) is 72.6 Å². The largest absolute Gasteiger partial charge is 0.465 e. The van der Waals surface area contributed by atoms with E-state index >= 15 is 0 Å². The van der Waals surface area contributed by atoms with Crippen LogP contribution in [0.5, 0.6) is 0 Å². The van der Waals surface area contributed by atoms with Crippen molar-refractivity contribution < 1.29 is 33.7 Å². The number of carbonyl (C=O) groups is 3. The van der Waals surface area contributed by atoms with Gasteiger partial charge >= 0.3 is 17.9 Å². The number of piperazine rings is 1. The molecule has 0 radical (unpaired) electrons. The maximum atomic E-state index is 13.6. The van der Waals surface area contributed by atoms with E-state index in [1.165, 1.54) is 140 Å². The van der Waals surface area contributed by atoms with E-state index < -0.39 is 34.6 Å². The van der Waals surface area contributed by atoms with Crippen molar-refractivity contribution >= 4 is 29.7 Å². The van der Waals surface area contributed by atoms with Gasteiger partial charge in [0.1, 0.15) is 5.25 Å². The van der Waals surface area contributed by atoms with Crippen LogP contribution in [0.3, 0.4) is 0 Å². The number of hydrogen-bond donors (Lipinski definition) is 1. The van der Waals surface area contributed by atoms with Crippen LogP contribution in [0.2, 0.25) is 0 Å². The summed E-state index contributed by atoms with van der Waals surface area (Å²) in [5, 5.41) is 10.1. The first-order chi connectivity index (χ1) is 32.6. The number of aliphatic hydroxyl groups is 1.